The third kappa shape index (κ3) is 4.35. The van der Waals surface area contributed by atoms with Gasteiger partial charge in [-0.15, -0.1) is 0 Å². The molecule has 2 N–H and O–H groups in total. The average molecular weight is 434 g/mol. The van der Waals surface area contributed by atoms with E-state index < -0.39 is 0 Å². The summed E-state index contributed by atoms with van der Waals surface area (Å²) >= 11 is 5.97. The summed E-state index contributed by atoms with van der Waals surface area (Å²) in [6.07, 6.45) is 1.58. The Bertz CT molecular complexity index is 1340. The summed E-state index contributed by atoms with van der Waals surface area (Å²) in [6, 6.07) is 16.1. The first-order valence-electron chi connectivity index (χ1n) is 9.66. The predicted octanol–water partition coefficient (Wildman–Crippen LogP) is 5.08. The maximum absolute atomic E-state index is 13.2. The number of carbonyl (C=O) groups is 1. The lowest BCUT2D eigenvalue weighted by Gasteiger charge is -2.11. The van der Waals surface area contributed by atoms with Crippen LogP contribution in [0.1, 0.15) is 27.2 Å². The van der Waals surface area contributed by atoms with E-state index in [0.717, 1.165) is 5.56 Å². The Morgan fingerprint density at radius 3 is 2.61 bits per heavy atom. The summed E-state index contributed by atoms with van der Waals surface area (Å²) in [7, 11) is 0. The number of para-hydroxylation sites is 1. The van der Waals surface area contributed by atoms with Crippen molar-refractivity contribution >= 4 is 39.9 Å². The van der Waals surface area contributed by atoms with Gasteiger partial charge in [0.1, 0.15) is 5.56 Å². The first kappa shape index (κ1) is 20.8. The van der Waals surface area contributed by atoms with Crippen molar-refractivity contribution in [2.45, 2.75) is 20.5 Å². The molecule has 156 valence electrons. The highest BCUT2D eigenvalue weighted by atomic mass is 35.5. The molecule has 0 unspecified atom stereocenters. The minimum atomic E-state index is -0.369. The number of pyridine rings is 1. The molecule has 0 aliphatic rings. The van der Waals surface area contributed by atoms with Crippen LogP contribution in [-0.4, -0.2) is 16.0 Å². The highest BCUT2D eigenvalue weighted by Crippen LogP contribution is 2.23. The maximum Gasteiger partial charge on any atom is 0.261 e. The molecule has 2 aromatic carbocycles. The second kappa shape index (κ2) is 8.71. The Balaban J connectivity index is 1.93. The summed E-state index contributed by atoms with van der Waals surface area (Å²) in [4.78, 5) is 22.0. The number of carbonyl (C=O) groups excluding carboxylic acids is 1. The normalized spacial score (nSPS) is 11.7. The second-order valence-electron chi connectivity index (χ2n) is 7.09. The lowest BCUT2D eigenvalue weighted by atomic mass is 10.1. The molecule has 2 heterocycles. The standard InChI is InChI=1S/C24H20ClN3O3/c1-14-5-3-4-6-21(14)28-23(30)20-11-19-16(13-29)12-26-15(2)22(19)31-24(20)27-18-9-7-17(25)8-10-18/h3-12,29H,13H2,1-2H3,(H,28,30). The molecule has 4 aromatic rings. The fraction of sp³-hybridized carbons (Fsp3) is 0.125. The van der Waals surface area contributed by atoms with Gasteiger partial charge in [-0.3, -0.25) is 9.78 Å². The van der Waals surface area contributed by atoms with E-state index in [1.807, 2.05) is 31.2 Å². The predicted molar refractivity (Wildman–Crippen MR) is 120 cm³/mol. The zero-order valence-electron chi connectivity index (χ0n) is 17.0. The molecule has 4 rings (SSSR count). The Labute approximate surface area is 183 Å². The number of aliphatic hydroxyl groups excluding tert-OH is 1. The number of benzene rings is 2. The fourth-order valence-electron chi connectivity index (χ4n) is 3.20. The van der Waals surface area contributed by atoms with Crippen molar-refractivity contribution < 1.29 is 14.3 Å². The van der Waals surface area contributed by atoms with E-state index in [2.05, 4.69) is 15.3 Å². The van der Waals surface area contributed by atoms with Gasteiger partial charge in [0.05, 0.1) is 18.0 Å². The SMILES string of the molecule is Cc1ccccc1NC(=O)c1cc2c(CO)cnc(C)c2oc1=Nc1ccc(Cl)cc1. The number of amides is 1. The van der Waals surface area contributed by atoms with Gasteiger partial charge in [-0.05, 0) is 55.8 Å². The number of nitrogens with one attached hydrogen (secondary N) is 1. The van der Waals surface area contributed by atoms with Crippen molar-refractivity contribution in [3.63, 3.8) is 0 Å². The third-order valence-electron chi connectivity index (χ3n) is 4.92. The second-order valence-corrected chi connectivity index (χ2v) is 7.53. The summed E-state index contributed by atoms with van der Waals surface area (Å²) in [6.45, 7) is 3.48. The van der Waals surface area contributed by atoms with Gasteiger partial charge in [0, 0.05) is 27.9 Å². The highest BCUT2D eigenvalue weighted by Gasteiger charge is 2.17. The molecule has 2 aromatic heterocycles. The quantitative estimate of drug-likeness (QED) is 0.470. The minimum absolute atomic E-state index is 0.140. The van der Waals surface area contributed by atoms with Crippen LogP contribution in [0, 0.1) is 13.8 Å². The molecule has 0 saturated heterocycles. The van der Waals surface area contributed by atoms with E-state index in [1.54, 1.807) is 43.5 Å². The largest absolute Gasteiger partial charge is 0.436 e. The molecule has 7 heteroatoms. The number of aliphatic hydroxyl groups is 1. The van der Waals surface area contributed by atoms with E-state index >= 15 is 0 Å². The van der Waals surface area contributed by atoms with Gasteiger partial charge in [0.25, 0.3) is 5.91 Å². The third-order valence-corrected chi connectivity index (χ3v) is 5.17. The zero-order valence-corrected chi connectivity index (χ0v) is 17.8. The van der Waals surface area contributed by atoms with Gasteiger partial charge in [-0.25, -0.2) is 4.99 Å². The topological polar surface area (TPSA) is 87.7 Å². The number of aromatic nitrogens is 1. The van der Waals surface area contributed by atoms with Crippen LogP contribution >= 0.6 is 11.6 Å². The molecule has 0 radical (unpaired) electrons. The van der Waals surface area contributed by atoms with Crippen LogP contribution < -0.4 is 10.9 Å². The van der Waals surface area contributed by atoms with Crippen molar-refractivity contribution in [2.75, 3.05) is 5.32 Å². The maximum atomic E-state index is 13.2. The Hall–Kier alpha value is -3.48. The number of fused-ring (bicyclic) bond motifs is 1. The molecule has 0 fully saturated rings. The molecule has 0 aliphatic carbocycles. The van der Waals surface area contributed by atoms with E-state index in [-0.39, 0.29) is 23.6 Å². The molecule has 0 saturated carbocycles. The summed E-state index contributed by atoms with van der Waals surface area (Å²) in [5, 5.41) is 13.9. The molecule has 0 spiro atoms. The zero-order chi connectivity index (χ0) is 22.0. The number of aryl methyl sites for hydroxylation is 2. The molecule has 1 amide bonds. The first-order valence-corrected chi connectivity index (χ1v) is 10.0. The van der Waals surface area contributed by atoms with Gasteiger partial charge in [-0.2, -0.15) is 0 Å². The van der Waals surface area contributed by atoms with Crippen LogP contribution in [0.3, 0.4) is 0 Å². The Kier molecular flexibility index (Phi) is 5.84. The highest BCUT2D eigenvalue weighted by molar-refractivity contribution is 6.30. The van der Waals surface area contributed by atoms with Crippen molar-refractivity contribution in [1.29, 1.82) is 0 Å². The van der Waals surface area contributed by atoms with Crippen LogP contribution in [0.4, 0.5) is 11.4 Å². The lowest BCUT2D eigenvalue weighted by molar-refractivity contribution is 0.102. The van der Waals surface area contributed by atoms with Crippen molar-refractivity contribution in [3.05, 3.63) is 93.8 Å². The van der Waals surface area contributed by atoms with Crippen molar-refractivity contribution in [2.24, 2.45) is 4.99 Å². The lowest BCUT2D eigenvalue weighted by Crippen LogP contribution is -2.22. The van der Waals surface area contributed by atoms with Crippen LogP contribution in [0.15, 0.2) is 70.2 Å². The summed E-state index contributed by atoms with van der Waals surface area (Å²) in [5.74, 6) is -0.369. The summed E-state index contributed by atoms with van der Waals surface area (Å²) in [5.41, 5.74) is 4.25. The smallest absolute Gasteiger partial charge is 0.261 e. The van der Waals surface area contributed by atoms with E-state index in [9.17, 15) is 9.90 Å². The Morgan fingerprint density at radius 2 is 1.90 bits per heavy atom. The van der Waals surface area contributed by atoms with Gasteiger partial charge in [-0.1, -0.05) is 29.8 Å². The van der Waals surface area contributed by atoms with Crippen molar-refractivity contribution in [3.8, 4) is 0 Å². The monoisotopic (exact) mass is 433 g/mol. The average Bonchev–Trinajstić information content (AvgIpc) is 2.77. The minimum Gasteiger partial charge on any atom is -0.436 e. The molecule has 0 aliphatic heterocycles. The molecular weight excluding hydrogens is 414 g/mol. The number of nitrogens with zero attached hydrogens (tertiary/aromatic N) is 2. The van der Waals surface area contributed by atoms with E-state index in [0.29, 0.717) is 38.6 Å². The number of hydrogen-bond donors (Lipinski definition) is 2. The first-order chi connectivity index (χ1) is 15.0. The Morgan fingerprint density at radius 1 is 1.16 bits per heavy atom. The fourth-order valence-corrected chi connectivity index (χ4v) is 3.32. The number of rotatable bonds is 4. The molecule has 31 heavy (non-hydrogen) atoms. The van der Waals surface area contributed by atoms with Gasteiger partial charge in [0.2, 0.25) is 5.55 Å². The van der Waals surface area contributed by atoms with E-state index in [4.69, 9.17) is 16.0 Å². The molecular formula is C24H20ClN3O3. The van der Waals surface area contributed by atoms with Crippen LogP contribution in [0.2, 0.25) is 5.02 Å². The van der Waals surface area contributed by atoms with Crippen LogP contribution in [0.5, 0.6) is 0 Å². The molecule has 0 bridgehead atoms. The number of halogens is 1. The molecule has 6 nitrogen and oxygen atoms in total. The number of hydrogen-bond acceptors (Lipinski definition) is 5. The summed E-state index contributed by atoms with van der Waals surface area (Å²) < 4.78 is 6.06. The van der Waals surface area contributed by atoms with Gasteiger partial charge in [0.15, 0.2) is 5.58 Å². The van der Waals surface area contributed by atoms with Gasteiger partial charge < -0.3 is 14.8 Å². The van der Waals surface area contributed by atoms with Crippen LogP contribution in [-0.2, 0) is 6.61 Å². The van der Waals surface area contributed by atoms with Gasteiger partial charge >= 0.3 is 0 Å². The number of anilines is 1. The van der Waals surface area contributed by atoms with Crippen LogP contribution in [0.25, 0.3) is 11.0 Å². The van der Waals surface area contributed by atoms with Crippen molar-refractivity contribution in [1.82, 2.24) is 4.98 Å². The van der Waals surface area contributed by atoms with E-state index in [1.165, 1.54) is 0 Å². The molecule has 0 atom stereocenters.